The van der Waals surface area contributed by atoms with Crippen LogP contribution in [-0.2, 0) is 91.2 Å². The van der Waals surface area contributed by atoms with Crippen LogP contribution < -0.4 is 109 Å². The normalized spacial score (nSPS) is 15.3. The van der Waals surface area contributed by atoms with E-state index in [0.29, 0.717) is 11.4 Å². The molecule has 0 aliphatic heterocycles. The zero-order chi connectivity index (χ0) is 91.1. The van der Waals surface area contributed by atoms with Crippen molar-refractivity contribution in [2.75, 3.05) is 75.8 Å². The molecular weight excluding hydrogens is 1670 g/mol. The van der Waals surface area contributed by atoms with Gasteiger partial charge in [0.2, 0.25) is 82.7 Å². The molecule has 53 heteroatoms. The van der Waals surface area contributed by atoms with Crippen molar-refractivity contribution >= 4 is 137 Å². The van der Waals surface area contributed by atoms with Crippen molar-refractivity contribution in [3.8, 4) is 0 Å². The zero-order valence-corrected chi connectivity index (χ0v) is 70.1. The van der Waals surface area contributed by atoms with Gasteiger partial charge in [-0.15, -0.1) is 0 Å². The van der Waals surface area contributed by atoms with E-state index in [4.69, 9.17) is 34.4 Å². The number of carboxylic acids is 1. The molecule has 0 radical (unpaired) electrons. The van der Waals surface area contributed by atoms with Crippen LogP contribution in [0.15, 0.2) is 47.6 Å². The smallest absolute Gasteiger partial charge is 0.326 e. The molecule has 0 aliphatic carbocycles. The van der Waals surface area contributed by atoms with Gasteiger partial charge in [0, 0.05) is 73.8 Å². The number of amides is 14. The highest BCUT2D eigenvalue weighted by molar-refractivity contribution is 7.98. The number of guanidine groups is 2. The number of aromatic amines is 3. The molecule has 3 aromatic heterocycles. The second-order valence-corrected chi connectivity index (χ2v) is 30.0. The molecule has 0 aliphatic rings. The summed E-state index contributed by atoms with van der Waals surface area (Å²) in [7, 11) is 0. The molecule has 0 fully saturated rings. The number of thiol groups is 1. The predicted octanol–water partition coefficient (Wildman–Crippen LogP) is -13.5. The number of aromatic nitrogens is 6. The first kappa shape index (κ1) is 105. The fraction of sp³-hybridized carbons (Fsp3) is 0.623. The number of rotatable bonds is 60. The fourth-order valence-electron chi connectivity index (χ4n) is 11.2. The summed E-state index contributed by atoms with van der Waals surface area (Å²) in [5, 5.41) is 106. The fourth-order valence-corrected chi connectivity index (χ4v) is 12.4. The molecule has 14 amide bonds. The van der Waals surface area contributed by atoms with Crippen molar-refractivity contribution in [2.45, 2.75) is 194 Å². The third kappa shape index (κ3) is 37.9. The van der Waals surface area contributed by atoms with Gasteiger partial charge in [-0.3, -0.25) is 77.1 Å². The third-order valence-electron chi connectivity index (χ3n) is 18.0. The molecule has 50 nitrogen and oxygen atoms in total. The van der Waals surface area contributed by atoms with Crippen LogP contribution in [0.1, 0.15) is 88.7 Å². The number of hydrogen-bond acceptors (Lipinski definition) is 31. The van der Waals surface area contributed by atoms with Crippen molar-refractivity contribution in [1.29, 1.82) is 0 Å². The van der Waals surface area contributed by atoms with Crippen molar-refractivity contribution in [3.63, 3.8) is 0 Å². The summed E-state index contributed by atoms with van der Waals surface area (Å²) in [6, 6.07) is -25.0. The lowest BCUT2D eigenvalue weighted by atomic mass is 10.0. The van der Waals surface area contributed by atoms with E-state index < -0.39 is 230 Å². The SMILES string of the molecule is CSCC[C@H](NC(=O)[C@H](CCSC)NC(=O)[C@@H](NC(=O)[C@@H](N)CO)[C@@H](C)O)C(=O)N[C@@H](CO)C(=O)N[C@@H](CCCN=C(N)N)C(=O)N[C@@H](CO)C(=O)N[C@@H](Cc1cnc[nH]1)C(=O)N[C@@H](CCCCN)C(=O)N[C@H](C(=O)N[C@@H](CCCN=C(N)N)C(=O)N[C@@H](CO)C(=O)N[C@@H](CS)C(=O)N[C@@H](Cc1cnc[nH]1)C(=O)N[C@@H](Cc1cnc[nH]1)C(=O)O)[C@@H](C)O. The number of nitrogens with one attached hydrogen (secondary N) is 17. The molecule has 0 aromatic carbocycles. The summed E-state index contributed by atoms with van der Waals surface area (Å²) in [6.07, 6.45) is 6.11. The monoisotopic (exact) mass is 1780 g/mol. The van der Waals surface area contributed by atoms with E-state index in [9.17, 15) is 108 Å². The van der Waals surface area contributed by atoms with Crippen LogP contribution >= 0.6 is 36.2 Å². The number of aliphatic hydroxyl groups excluding tert-OH is 6. The number of aliphatic hydroxyl groups is 6. The van der Waals surface area contributed by atoms with Crippen molar-refractivity contribution < 1.29 is 108 Å². The molecule has 682 valence electrons. The van der Waals surface area contributed by atoms with E-state index in [2.05, 4.69) is 127 Å². The summed E-state index contributed by atoms with van der Waals surface area (Å²) < 4.78 is 0. The highest BCUT2D eigenvalue weighted by atomic mass is 32.2. The van der Waals surface area contributed by atoms with Gasteiger partial charge in [0.25, 0.3) is 0 Å². The molecular formula is C69H116N28O22S3. The lowest BCUT2D eigenvalue weighted by Crippen LogP contribution is -2.63. The van der Waals surface area contributed by atoms with E-state index in [1.54, 1.807) is 12.5 Å². The number of unbranched alkanes of at least 4 members (excludes halogenated alkanes) is 1. The molecule has 3 aromatic rings. The summed E-state index contributed by atoms with van der Waals surface area (Å²) in [6.45, 7) is -2.18. The van der Waals surface area contributed by atoms with E-state index in [1.165, 1.54) is 68.0 Å². The average molecular weight is 1790 g/mol. The zero-order valence-electron chi connectivity index (χ0n) is 67.6. The van der Waals surface area contributed by atoms with E-state index >= 15 is 0 Å². The predicted molar refractivity (Wildman–Crippen MR) is 444 cm³/mol. The number of carbonyl (C=O) groups excluding carboxylic acids is 14. The maximum Gasteiger partial charge on any atom is 0.326 e. The minimum atomic E-state index is -1.97. The van der Waals surface area contributed by atoms with Crippen LogP contribution in [-0.4, -0.2) is 345 Å². The first-order valence-corrected chi connectivity index (χ1v) is 41.8. The van der Waals surface area contributed by atoms with Gasteiger partial charge in [-0.05, 0) is 102 Å². The van der Waals surface area contributed by atoms with E-state index in [-0.39, 0.29) is 119 Å². The van der Waals surface area contributed by atoms with Crippen molar-refractivity contribution in [2.24, 2.45) is 44.4 Å². The Morgan fingerprint density at radius 2 is 0.672 bits per heavy atom. The quantitative estimate of drug-likeness (QED) is 0.0108. The second-order valence-electron chi connectivity index (χ2n) is 27.6. The molecule has 3 rings (SSSR count). The second kappa shape index (κ2) is 56.5. The third-order valence-corrected chi connectivity index (χ3v) is 19.6. The molecule has 0 saturated carbocycles. The van der Waals surface area contributed by atoms with Crippen molar-refractivity contribution in [3.05, 3.63) is 54.7 Å². The number of nitrogens with two attached hydrogens (primary N) is 6. The molecule has 17 atom stereocenters. The Kier molecular flexibility index (Phi) is 48.7. The largest absolute Gasteiger partial charge is 0.480 e. The molecule has 0 unspecified atom stereocenters. The number of carboxylic acid groups (broad SMARTS) is 1. The van der Waals surface area contributed by atoms with Crippen molar-refractivity contribution in [1.82, 2.24) is 104 Å². The number of imidazole rings is 3. The summed E-state index contributed by atoms with van der Waals surface area (Å²) in [4.78, 5) is 236. The molecule has 0 saturated heterocycles. The Balaban J connectivity index is 1.90. The highest BCUT2D eigenvalue weighted by Crippen LogP contribution is 2.13. The lowest BCUT2D eigenvalue weighted by Gasteiger charge is -2.29. The Bertz CT molecular complexity index is 3880. The maximum absolute atomic E-state index is 14.6. The van der Waals surface area contributed by atoms with Crippen LogP contribution in [0.3, 0.4) is 0 Å². The number of hydrogen-bond donors (Lipinski definition) is 31. The average Bonchev–Trinajstić information content (AvgIpc) is 1.16. The first-order valence-electron chi connectivity index (χ1n) is 38.3. The number of H-pyrrole nitrogens is 3. The minimum Gasteiger partial charge on any atom is -0.480 e. The topological polar surface area (TPSA) is 833 Å². The Labute approximate surface area is 714 Å². The molecule has 36 N–H and O–H groups in total. The lowest BCUT2D eigenvalue weighted by molar-refractivity contribution is -0.142. The van der Waals surface area contributed by atoms with Crippen LogP contribution in [0, 0.1) is 0 Å². The molecule has 122 heavy (non-hydrogen) atoms. The van der Waals surface area contributed by atoms with Gasteiger partial charge >= 0.3 is 5.97 Å². The number of aliphatic imine (C=N–C) groups is 2. The first-order chi connectivity index (χ1) is 58.0. The minimum absolute atomic E-state index is 0.0425. The standard InChI is InChI=1S/C69H116N28O22S3/c1-33(102)51(96-53(104)38(71)25-98)65(116)88-43(13-18-122-4)56(107)86-42(12-17-121-3)57(108)94-47(26-99)61(112)85-40(10-7-15-79-68(72)73)54(105)92-48(27-100)62(113)89-44(19-35-22-76-30-81-35)59(110)84-39(9-5-6-14-70)58(109)97-52(34(2)103)66(117)87-41(11-8-16-80-69(74)75)55(106)93-49(28-101)63(114)95-50(29-120)64(115)90-45(20-36-23-77-31-82-36)60(111)91-46(67(118)119)21-37-24-78-32-83-37/h22-24,30-34,38-52,98-103,120H,5-21,25-29,70-71H2,1-4H3,(H,76,81)(H,77,82)(H,78,83)(H,84,110)(H,85,112)(H,86,107)(H,87,117)(H,88,116)(H,89,113)(H,90,115)(H,91,111)(H,92,105)(H,93,106)(H,94,108)(H,95,114)(H,96,104)(H,97,109)(H,118,119)(H4,72,73,79)(H4,74,75,80)/t33-,34-,38+,39+,40+,41+,42+,43+,44+,45+,46+,47+,48+,49+,50+,51+,52+/m1/s1. The van der Waals surface area contributed by atoms with E-state index in [1.807, 2.05) is 0 Å². The number of carbonyl (C=O) groups is 15. The summed E-state index contributed by atoms with van der Waals surface area (Å²) in [5.74, 6) is -17.5. The molecule has 0 bridgehead atoms. The Morgan fingerprint density at radius 3 is 0.975 bits per heavy atom. The Morgan fingerprint density at radius 1 is 0.393 bits per heavy atom. The highest BCUT2D eigenvalue weighted by Gasteiger charge is 2.40. The van der Waals surface area contributed by atoms with Gasteiger partial charge < -0.3 is 160 Å². The van der Waals surface area contributed by atoms with Gasteiger partial charge in [0.05, 0.1) is 57.6 Å². The maximum atomic E-state index is 14.6. The summed E-state index contributed by atoms with van der Waals surface area (Å²) >= 11 is 6.74. The van der Waals surface area contributed by atoms with Crippen LogP contribution in [0.2, 0.25) is 0 Å². The van der Waals surface area contributed by atoms with Crippen LogP contribution in [0.4, 0.5) is 0 Å². The van der Waals surface area contributed by atoms with Gasteiger partial charge in [-0.1, -0.05) is 0 Å². The van der Waals surface area contributed by atoms with Crippen LogP contribution in [0.25, 0.3) is 0 Å². The number of thioether (sulfide) groups is 2. The molecule has 3 heterocycles. The summed E-state index contributed by atoms with van der Waals surface area (Å²) in [5.41, 5.74) is 34.3. The van der Waals surface area contributed by atoms with Gasteiger partial charge in [-0.2, -0.15) is 36.2 Å². The van der Waals surface area contributed by atoms with Crippen LogP contribution in [0.5, 0.6) is 0 Å². The molecule has 0 spiro atoms. The number of nitrogens with zero attached hydrogens (tertiary/aromatic N) is 5. The van der Waals surface area contributed by atoms with Gasteiger partial charge in [0.1, 0.15) is 90.6 Å². The van der Waals surface area contributed by atoms with E-state index in [0.717, 1.165) is 6.92 Å². The van der Waals surface area contributed by atoms with Gasteiger partial charge in [-0.25, -0.2) is 19.7 Å². The number of aliphatic carboxylic acids is 1. The van der Waals surface area contributed by atoms with Gasteiger partial charge in [0.15, 0.2) is 11.9 Å². The Hall–Kier alpha value is -11.1.